The average molecular weight is 452 g/mol. The zero-order valence-electron chi connectivity index (χ0n) is 17.1. The van der Waals surface area contributed by atoms with Crippen LogP contribution in [0.4, 0.5) is 24.5 Å². The van der Waals surface area contributed by atoms with Crippen LogP contribution in [0, 0.1) is 0 Å². The van der Waals surface area contributed by atoms with Crippen molar-refractivity contribution >= 4 is 28.9 Å². The molecular formula is C23H25ClF3N3O. The maximum Gasteiger partial charge on any atom is 0.416 e. The van der Waals surface area contributed by atoms with Gasteiger partial charge in [-0.1, -0.05) is 11.6 Å². The van der Waals surface area contributed by atoms with Gasteiger partial charge in [0.1, 0.15) is 0 Å². The summed E-state index contributed by atoms with van der Waals surface area (Å²) in [5.41, 5.74) is 0.0881. The lowest BCUT2D eigenvalue weighted by molar-refractivity contribution is -0.137. The number of benzene rings is 2. The molecule has 2 aromatic rings. The first kappa shape index (κ1) is 22.0. The lowest BCUT2D eigenvalue weighted by Gasteiger charge is -2.38. The van der Waals surface area contributed by atoms with Crippen LogP contribution < -0.4 is 10.2 Å². The number of amides is 1. The lowest BCUT2D eigenvalue weighted by Crippen LogP contribution is -2.44. The van der Waals surface area contributed by atoms with Crippen molar-refractivity contribution in [2.45, 2.75) is 37.9 Å². The van der Waals surface area contributed by atoms with Crippen molar-refractivity contribution in [2.24, 2.45) is 0 Å². The minimum Gasteiger partial charge on any atom is -0.371 e. The third-order valence-electron chi connectivity index (χ3n) is 6.10. The number of hydrogen-bond donors (Lipinski definition) is 1. The molecule has 0 spiro atoms. The van der Waals surface area contributed by atoms with Crippen molar-refractivity contribution in [3.8, 4) is 0 Å². The van der Waals surface area contributed by atoms with Gasteiger partial charge in [0, 0.05) is 41.1 Å². The van der Waals surface area contributed by atoms with Gasteiger partial charge in [-0.15, -0.1) is 0 Å². The molecule has 166 valence electrons. The summed E-state index contributed by atoms with van der Waals surface area (Å²) < 4.78 is 40.6. The van der Waals surface area contributed by atoms with E-state index >= 15 is 0 Å². The van der Waals surface area contributed by atoms with Gasteiger partial charge in [0.05, 0.1) is 5.56 Å². The lowest BCUT2D eigenvalue weighted by atomic mass is 10.0. The molecule has 31 heavy (non-hydrogen) atoms. The zero-order valence-corrected chi connectivity index (χ0v) is 17.8. The van der Waals surface area contributed by atoms with E-state index in [0.717, 1.165) is 38.1 Å². The number of rotatable bonds is 4. The highest BCUT2D eigenvalue weighted by molar-refractivity contribution is 6.30. The van der Waals surface area contributed by atoms with Crippen molar-refractivity contribution < 1.29 is 18.0 Å². The molecule has 0 bridgehead atoms. The van der Waals surface area contributed by atoms with Crippen molar-refractivity contribution in [1.82, 2.24) is 4.90 Å². The van der Waals surface area contributed by atoms with E-state index in [4.69, 9.17) is 11.6 Å². The molecule has 0 saturated carbocycles. The molecule has 0 atom stereocenters. The fourth-order valence-electron chi connectivity index (χ4n) is 4.42. The van der Waals surface area contributed by atoms with Gasteiger partial charge in [0.15, 0.2) is 0 Å². The minimum atomic E-state index is -4.53. The number of anilines is 2. The summed E-state index contributed by atoms with van der Waals surface area (Å²) in [5, 5.41) is 3.16. The largest absolute Gasteiger partial charge is 0.416 e. The van der Waals surface area contributed by atoms with Gasteiger partial charge in [0.2, 0.25) is 0 Å². The number of piperidine rings is 1. The van der Waals surface area contributed by atoms with E-state index in [1.807, 2.05) is 4.90 Å². The monoisotopic (exact) mass is 451 g/mol. The Kier molecular flexibility index (Phi) is 6.44. The van der Waals surface area contributed by atoms with Gasteiger partial charge in [0.25, 0.3) is 5.91 Å². The number of carbonyl (C=O) groups is 1. The Bertz CT molecular complexity index is 919. The first-order valence-corrected chi connectivity index (χ1v) is 11.0. The zero-order chi connectivity index (χ0) is 22.0. The normalized spacial score (nSPS) is 18.4. The average Bonchev–Trinajstić information content (AvgIpc) is 3.29. The molecule has 0 aromatic heterocycles. The standard InChI is InChI=1S/C23H25ClF3N3O/c24-18-3-5-19(6-4-18)28-22(31)16-13-17(23(25,26)27)15-21(14-16)30-11-7-20(8-12-30)29-9-1-2-10-29/h3-6,13-15,20H,1-2,7-12H2,(H,28,31). The highest BCUT2D eigenvalue weighted by atomic mass is 35.5. The summed E-state index contributed by atoms with van der Waals surface area (Å²) in [6, 6.07) is 10.5. The van der Waals surface area contributed by atoms with Crippen LogP contribution in [0.2, 0.25) is 5.02 Å². The summed E-state index contributed by atoms with van der Waals surface area (Å²) in [4.78, 5) is 17.2. The van der Waals surface area contributed by atoms with E-state index in [1.54, 1.807) is 30.3 Å². The van der Waals surface area contributed by atoms with Crippen LogP contribution in [-0.4, -0.2) is 43.0 Å². The molecule has 4 rings (SSSR count). The predicted octanol–water partition coefficient (Wildman–Crippen LogP) is 5.68. The molecule has 4 nitrogen and oxygen atoms in total. The van der Waals surface area contributed by atoms with Crippen molar-refractivity contribution in [3.63, 3.8) is 0 Å². The van der Waals surface area contributed by atoms with Crippen LogP contribution >= 0.6 is 11.6 Å². The van der Waals surface area contributed by atoms with Crippen LogP contribution in [-0.2, 0) is 6.18 Å². The molecule has 2 heterocycles. The van der Waals surface area contributed by atoms with E-state index in [-0.39, 0.29) is 5.56 Å². The van der Waals surface area contributed by atoms with Crippen LogP contribution in [0.1, 0.15) is 41.6 Å². The number of nitrogens with one attached hydrogen (secondary N) is 1. The molecule has 1 N–H and O–H groups in total. The van der Waals surface area contributed by atoms with Gasteiger partial charge >= 0.3 is 6.18 Å². The molecule has 2 aromatic carbocycles. The number of hydrogen-bond acceptors (Lipinski definition) is 3. The second kappa shape index (κ2) is 9.09. The second-order valence-corrected chi connectivity index (χ2v) is 8.63. The van der Waals surface area contributed by atoms with Gasteiger partial charge in [-0.25, -0.2) is 0 Å². The predicted molar refractivity (Wildman–Crippen MR) is 117 cm³/mol. The molecule has 2 aliphatic heterocycles. The number of alkyl halides is 3. The molecule has 0 radical (unpaired) electrons. The molecule has 8 heteroatoms. The van der Waals surface area contributed by atoms with Gasteiger partial charge < -0.3 is 15.1 Å². The molecule has 2 fully saturated rings. The fourth-order valence-corrected chi connectivity index (χ4v) is 4.55. The summed E-state index contributed by atoms with van der Waals surface area (Å²) >= 11 is 5.85. The Balaban J connectivity index is 1.53. The molecule has 2 saturated heterocycles. The van der Waals surface area contributed by atoms with Crippen LogP contribution in [0.25, 0.3) is 0 Å². The SMILES string of the molecule is O=C(Nc1ccc(Cl)cc1)c1cc(N2CCC(N3CCCC3)CC2)cc(C(F)(F)F)c1. The van der Waals surface area contributed by atoms with E-state index in [9.17, 15) is 18.0 Å². The fraction of sp³-hybridized carbons (Fsp3) is 0.435. The highest BCUT2D eigenvalue weighted by Gasteiger charge is 2.33. The molecule has 0 aliphatic carbocycles. The number of halogens is 4. The number of carbonyl (C=O) groups excluding carboxylic acids is 1. The van der Waals surface area contributed by atoms with Crippen LogP contribution in [0.3, 0.4) is 0 Å². The van der Waals surface area contributed by atoms with Crippen molar-refractivity contribution in [3.05, 3.63) is 58.6 Å². The summed E-state index contributed by atoms with van der Waals surface area (Å²) in [6.45, 7) is 3.59. The maximum absolute atomic E-state index is 13.5. The van der Waals surface area contributed by atoms with Crippen LogP contribution in [0.15, 0.2) is 42.5 Å². The molecule has 1 amide bonds. The second-order valence-electron chi connectivity index (χ2n) is 8.19. The Morgan fingerprint density at radius 3 is 2.23 bits per heavy atom. The number of nitrogens with zero attached hydrogens (tertiary/aromatic N) is 2. The Labute approximate surface area is 185 Å². The molecule has 0 unspecified atom stereocenters. The maximum atomic E-state index is 13.5. The molecule has 2 aliphatic rings. The third kappa shape index (κ3) is 5.33. The number of likely N-dealkylation sites (tertiary alicyclic amines) is 1. The minimum absolute atomic E-state index is 0.0126. The van der Waals surface area contributed by atoms with Gasteiger partial charge in [-0.2, -0.15) is 13.2 Å². The molecular weight excluding hydrogens is 427 g/mol. The summed E-state index contributed by atoms with van der Waals surface area (Å²) in [7, 11) is 0. The van der Waals surface area contributed by atoms with E-state index in [2.05, 4.69) is 10.2 Å². The van der Waals surface area contributed by atoms with Gasteiger partial charge in [-0.05, 0) is 81.2 Å². The smallest absolute Gasteiger partial charge is 0.371 e. The Morgan fingerprint density at radius 2 is 1.61 bits per heavy atom. The summed E-state index contributed by atoms with van der Waals surface area (Å²) in [6.07, 6.45) is -0.246. The third-order valence-corrected chi connectivity index (χ3v) is 6.35. The Morgan fingerprint density at radius 1 is 0.968 bits per heavy atom. The topological polar surface area (TPSA) is 35.6 Å². The van der Waals surface area contributed by atoms with Crippen LogP contribution in [0.5, 0.6) is 0 Å². The first-order chi connectivity index (χ1) is 14.8. The summed E-state index contributed by atoms with van der Waals surface area (Å²) in [5.74, 6) is -0.582. The van der Waals surface area contributed by atoms with Gasteiger partial charge in [-0.3, -0.25) is 4.79 Å². The van der Waals surface area contributed by atoms with Crippen molar-refractivity contribution in [2.75, 3.05) is 36.4 Å². The van der Waals surface area contributed by atoms with E-state index in [0.29, 0.717) is 35.5 Å². The Hall–Kier alpha value is -2.25. The van der Waals surface area contributed by atoms with E-state index in [1.165, 1.54) is 12.8 Å². The van der Waals surface area contributed by atoms with E-state index < -0.39 is 17.6 Å². The highest BCUT2D eigenvalue weighted by Crippen LogP contribution is 2.34. The first-order valence-electron chi connectivity index (χ1n) is 10.6. The quantitative estimate of drug-likeness (QED) is 0.650. The van der Waals surface area contributed by atoms with Crippen molar-refractivity contribution in [1.29, 1.82) is 0 Å².